The van der Waals surface area contributed by atoms with E-state index in [0.29, 0.717) is 0 Å². The van der Waals surface area contributed by atoms with E-state index in [1.54, 1.807) is 0 Å². The lowest BCUT2D eigenvalue weighted by molar-refractivity contribution is 0.283. The molecule has 0 amide bonds. The Morgan fingerprint density at radius 3 is 2.56 bits per heavy atom. The van der Waals surface area contributed by atoms with E-state index >= 15 is 0 Å². The molecule has 1 aromatic heterocycles. The second-order valence-electron chi connectivity index (χ2n) is 7.22. The lowest BCUT2D eigenvalue weighted by Crippen LogP contribution is -2.46. The van der Waals surface area contributed by atoms with Gasteiger partial charge in [0.25, 0.3) is 0 Å². The van der Waals surface area contributed by atoms with Gasteiger partial charge in [-0.15, -0.1) is 0 Å². The average molecular weight is 380 g/mol. The maximum atomic E-state index is 6.18. The number of hydrogen-bond acceptors (Lipinski definition) is 2. The Morgan fingerprint density at radius 2 is 1.70 bits per heavy atom. The summed E-state index contributed by atoms with van der Waals surface area (Å²) in [5, 5.41) is 2.12. The van der Waals surface area contributed by atoms with Crippen molar-refractivity contribution >= 4 is 28.2 Å². The molecule has 2 heterocycles. The topological polar surface area (TPSA) is 11.4 Å². The first-order chi connectivity index (χ1) is 13.2. The minimum Gasteiger partial charge on any atom is -0.369 e. The first-order valence-corrected chi connectivity index (χ1v) is 10.0. The van der Waals surface area contributed by atoms with Crippen molar-refractivity contribution in [2.45, 2.75) is 13.5 Å². The number of aromatic nitrogens is 1. The Balaban J connectivity index is 1.28. The highest BCUT2D eigenvalue weighted by atomic mass is 35.5. The van der Waals surface area contributed by atoms with Crippen LogP contribution in [0.5, 0.6) is 0 Å². The van der Waals surface area contributed by atoms with Crippen LogP contribution in [0.2, 0.25) is 5.02 Å². The van der Waals surface area contributed by atoms with Crippen molar-refractivity contribution in [3.8, 4) is 0 Å². The number of nitrogens with zero attached hydrogens (tertiary/aromatic N) is 3. The number of hydrogen-bond donors (Lipinski definition) is 0. The fourth-order valence-corrected chi connectivity index (χ4v) is 3.97. The van der Waals surface area contributed by atoms with Gasteiger partial charge in [-0.05, 0) is 42.1 Å². The van der Waals surface area contributed by atoms with Gasteiger partial charge in [0, 0.05) is 61.7 Å². The lowest BCUT2D eigenvalue weighted by atomic mass is 10.1. The number of anilines is 1. The predicted octanol–water partition coefficient (Wildman–Crippen LogP) is 4.98. The molecule has 2 aromatic carbocycles. The summed E-state index contributed by atoms with van der Waals surface area (Å²) in [5.41, 5.74) is 3.87. The first kappa shape index (κ1) is 18.1. The maximum absolute atomic E-state index is 6.18. The molecule has 0 spiro atoms. The smallest absolute Gasteiger partial charge is 0.0483 e. The van der Waals surface area contributed by atoms with Gasteiger partial charge in [-0.3, -0.25) is 4.90 Å². The molecular weight excluding hydrogens is 354 g/mol. The number of aryl methyl sites for hydroxylation is 1. The molecule has 0 aliphatic carbocycles. The Bertz CT molecular complexity index is 936. The molecule has 0 atom stereocenters. The summed E-state index contributed by atoms with van der Waals surface area (Å²) in [4.78, 5) is 4.97. The van der Waals surface area contributed by atoms with E-state index in [-0.39, 0.29) is 0 Å². The monoisotopic (exact) mass is 379 g/mol. The van der Waals surface area contributed by atoms with Crippen LogP contribution < -0.4 is 4.90 Å². The number of para-hydroxylation sites is 1. The maximum Gasteiger partial charge on any atom is 0.0483 e. The van der Waals surface area contributed by atoms with Crippen LogP contribution in [0, 0.1) is 6.92 Å². The first-order valence-electron chi connectivity index (χ1n) is 9.63. The van der Waals surface area contributed by atoms with E-state index in [1.165, 1.54) is 22.2 Å². The third-order valence-corrected chi connectivity index (χ3v) is 5.63. The molecule has 140 valence electrons. The molecular formula is C23H26ClN3. The summed E-state index contributed by atoms with van der Waals surface area (Å²) in [6.45, 7) is 8.38. The number of fused-ring (bicyclic) bond motifs is 1. The second kappa shape index (κ2) is 8.20. The highest BCUT2D eigenvalue weighted by molar-refractivity contribution is 6.30. The third-order valence-electron chi connectivity index (χ3n) is 5.40. The fraction of sp³-hybridized carbons (Fsp3) is 0.304. The highest BCUT2D eigenvalue weighted by Crippen LogP contribution is 2.25. The standard InChI is InChI=1S/C23H26ClN3/c1-19-8-9-21(24)18-23(19)27-16-14-25(15-17-27)11-4-5-12-26-13-10-20-6-2-3-7-22(20)26/h2-10,13,18H,11-12,14-17H2,1H3/b5-4+. The molecule has 0 unspecified atom stereocenters. The van der Waals surface area contributed by atoms with Gasteiger partial charge >= 0.3 is 0 Å². The van der Waals surface area contributed by atoms with Crippen LogP contribution in [0.15, 0.2) is 66.9 Å². The lowest BCUT2D eigenvalue weighted by Gasteiger charge is -2.36. The molecule has 1 saturated heterocycles. The number of piperazine rings is 1. The molecule has 27 heavy (non-hydrogen) atoms. The minimum atomic E-state index is 0.818. The van der Waals surface area contributed by atoms with Gasteiger partial charge in [0.2, 0.25) is 0 Å². The summed E-state index contributed by atoms with van der Waals surface area (Å²) in [6.07, 6.45) is 6.75. The van der Waals surface area contributed by atoms with E-state index in [0.717, 1.165) is 44.3 Å². The second-order valence-corrected chi connectivity index (χ2v) is 7.65. The van der Waals surface area contributed by atoms with Gasteiger partial charge in [-0.2, -0.15) is 0 Å². The Hall–Kier alpha value is -2.23. The Morgan fingerprint density at radius 1 is 0.926 bits per heavy atom. The van der Waals surface area contributed by atoms with Crippen molar-refractivity contribution in [3.05, 3.63) is 77.5 Å². The Kier molecular flexibility index (Phi) is 5.51. The van der Waals surface area contributed by atoms with Crippen molar-refractivity contribution in [2.75, 3.05) is 37.6 Å². The SMILES string of the molecule is Cc1ccc(Cl)cc1N1CCN(C/C=C/Cn2ccc3ccccc32)CC1. The van der Waals surface area contributed by atoms with E-state index in [4.69, 9.17) is 11.6 Å². The van der Waals surface area contributed by atoms with Crippen LogP contribution in [0.1, 0.15) is 5.56 Å². The number of halogens is 1. The molecule has 4 heteroatoms. The summed E-state index contributed by atoms with van der Waals surface area (Å²) in [7, 11) is 0. The average Bonchev–Trinajstić information content (AvgIpc) is 3.11. The molecule has 1 fully saturated rings. The quantitative estimate of drug-likeness (QED) is 0.579. The van der Waals surface area contributed by atoms with Crippen LogP contribution in [0.4, 0.5) is 5.69 Å². The van der Waals surface area contributed by atoms with Crippen molar-refractivity contribution in [3.63, 3.8) is 0 Å². The van der Waals surface area contributed by atoms with Crippen LogP contribution in [0.25, 0.3) is 10.9 Å². The van der Waals surface area contributed by atoms with Crippen LogP contribution in [0.3, 0.4) is 0 Å². The van der Waals surface area contributed by atoms with E-state index in [9.17, 15) is 0 Å². The van der Waals surface area contributed by atoms with Gasteiger partial charge in [-0.1, -0.05) is 48.0 Å². The molecule has 3 nitrogen and oxygen atoms in total. The van der Waals surface area contributed by atoms with Crippen molar-refractivity contribution in [2.24, 2.45) is 0 Å². The molecule has 3 aromatic rings. The Labute approximate surface area is 166 Å². The van der Waals surface area contributed by atoms with Crippen molar-refractivity contribution < 1.29 is 0 Å². The highest BCUT2D eigenvalue weighted by Gasteiger charge is 2.17. The zero-order chi connectivity index (χ0) is 18.6. The zero-order valence-corrected chi connectivity index (χ0v) is 16.6. The molecule has 1 aliphatic rings. The largest absolute Gasteiger partial charge is 0.369 e. The van der Waals surface area contributed by atoms with Crippen LogP contribution in [-0.4, -0.2) is 42.2 Å². The van der Waals surface area contributed by atoms with Gasteiger partial charge in [0.1, 0.15) is 0 Å². The molecule has 0 radical (unpaired) electrons. The zero-order valence-electron chi connectivity index (χ0n) is 15.8. The van der Waals surface area contributed by atoms with Gasteiger partial charge in [-0.25, -0.2) is 0 Å². The third kappa shape index (κ3) is 4.20. The van der Waals surface area contributed by atoms with Gasteiger partial charge in [0.15, 0.2) is 0 Å². The summed E-state index contributed by atoms with van der Waals surface area (Å²) in [6, 6.07) is 16.9. The molecule has 0 saturated carbocycles. The number of rotatable bonds is 5. The van der Waals surface area contributed by atoms with Crippen LogP contribution >= 0.6 is 11.6 Å². The van der Waals surface area contributed by atoms with Crippen molar-refractivity contribution in [1.82, 2.24) is 9.47 Å². The molecule has 4 rings (SSSR count). The van der Waals surface area contributed by atoms with Crippen LogP contribution in [-0.2, 0) is 6.54 Å². The summed E-state index contributed by atoms with van der Waals surface area (Å²) in [5.74, 6) is 0. The van der Waals surface area contributed by atoms with Gasteiger partial charge < -0.3 is 9.47 Å². The summed E-state index contributed by atoms with van der Waals surface area (Å²) >= 11 is 6.18. The van der Waals surface area contributed by atoms with E-state index in [1.807, 2.05) is 6.07 Å². The molecule has 0 N–H and O–H groups in total. The minimum absolute atomic E-state index is 0.818. The van der Waals surface area contributed by atoms with Crippen molar-refractivity contribution in [1.29, 1.82) is 0 Å². The normalized spacial score (nSPS) is 15.9. The number of benzene rings is 2. The molecule has 1 aliphatic heterocycles. The number of allylic oxidation sites excluding steroid dienone is 1. The predicted molar refractivity (Wildman–Crippen MR) is 116 cm³/mol. The molecule has 0 bridgehead atoms. The van der Waals surface area contributed by atoms with E-state index < -0.39 is 0 Å². The summed E-state index contributed by atoms with van der Waals surface area (Å²) < 4.78 is 2.30. The van der Waals surface area contributed by atoms with Gasteiger partial charge in [0.05, 0.1) is 0 Å². The fourth-order valence-electron chi connectivity index (χ4n) is 3.81. The van der Waals surface area contributed by atoms with E-state index in [2.05, 4.69) is 82.1 Å².